The zero-order valence-electron chi connectivity index (χ0n) is 4.83. The van der Waals surface area contributed by atoms with Gasteiger partial charge in [0.1, 0.15) is 0 Å². The van der Waals surface area contributed by atoms with E-state index >= 15 is 0 Å². The quantitative estimate of drug-likeness (QED) is 0.365. The molecular formula is C4H11NO3. The molecule has 0 bridgehead atoms. The third-order valence-corrected chi connectivity index (χ3v) is 0.634. The van der Waals surface area contributed by atoms with Crippen molar-refractivity contribution in [3.63, 3.8) is 0 Å². The van der Waals surface area contributed by atoms with E-state index < -0.39 is 0 Å². The van der Waals surface area contributed by atoms with E-state index in [0.29, 0.717) is 0 Å². The van der Waals surface area contributed by atoms with Gasteiger partial charge in [-0.25, -0.2) is 9.78 Å². The van der Waals surface area contributed by atoms with Gasteiger partial charge in [-0.3, -0.25) is 0 Å². The van der Waals surface area contributed by atoms with Gasteiger partial charge in [-0.15, -0.1) is 0 Å². The van der Waals surface area contributed by atoms with Crippen LogP contribution >= 0.6 is 0 Å². The second-order valence-electron chi connectivity index (χ2n) is 1.39. The highest BCUT2D eigenvalue weighted by Gasteiger charge is 1.97. The molecule has 50 valence electrons. The van der Waals surface area contributed by atoms with E-state index in [1.54, 1.807) is 0 Å². The molecule has 0 spiro atoms. The molecule has 0 saturated heterocycles. The van der Waals surface area contributed by atoms with E-state index in [-0.39, 0.29) is 19.3 Å². The van der Waals surface area contributed by atoms with Crippen molar-refractivity contribution < 1.29 is 14.9 Å². The summed E-state index contributed by atoms with van der Waals surface area (Å²) in [6.45, 7) is 0.149. The summed E-state index contributed by atoms with van der Waals surface area (Å²) in [5.74, 6) is 0. The predicted molar refractivity (Wildman–Crippen MR) is 28.0 cm³/mol. The summed E-state index contributed by atoms with van der Waals surface area (Å²) >= 11 is 0. The fourth-order valence-corrected chi connectivity index (χ4v) is 0.208. The molecule has 0 unspecified atom stereocenters. The molecule has 0 amide bonds. The Morgan fingerprint density at radius 2 is 2.38 bits per heavy atom. The Labute approximate surface area is 48.1 Å². The fraction of sp³-hybridized carbons (Fsp3) is 1.00. The van der Waals surface area contributed by atoms with Gasteiger partial charge in [0.25, 0.3) is 0 Å². The maximum Gasteiger partial charge on any atom is 0.0995 e. The molecule has 8 heavy (non-hydrogen) atoms. The van der Waals surface area contributed by atoms with Crippen molar-refractivity contribution in [1.29, 1.82) is 0 Å². The molecule has 0 aliphatic heterocycles. The molecule has 0 aliphatic carbocycles. The van der Waals surface area contributed by atoms with Crippen molar-refractivity contribution in [3.05, 3.63) is 0 Å². The number of aliphatic hydroxyl groups excluding tert-OH is 1. The first-order valence-electron chi connectivity index (χ1n) is 2.33. The van der Waals surface area contributed by atoms with Gasteiger partial charge >= 0.3 is 0 Å². The number of hydrogen-bond acceptors (Lipinski definition) is 4. The highest BCUT2D eigenvalue weighted by molar-refractivity contribution is 4.53. The lowest BCUT2D eigenvalue weighted by Crippen LogP contribution is -2.29. The lowest BCUT2D eigenvalue weighted by molar-refractivity contribution is -0.275. The Kier molecular flexibility index (Phi) is 4.89. The third kappa shape index (κ3) is 4.01. The zero-order valence-corrected chi connectivity index (χ0v) is 4.83. The van der Waals surface area contributed by atoms with Gasteiger partial charge in [0.05, 0.1) is 26.4 Å². The summed E-state index contributed by atoms with van der Waals surface area (Å²) in [5.41, 5.74) is 5.20. The van der Waals surface area contributed by atoms with E-state index in [2.05, 4.69) is 9.78 Å². The van der Waals surface area contributed by atoms with Crippen LogP contribution in [0, 0.1) is 0 Å². The molecular weight excluding hydrogens is 110 g/mol. The molecule has 0 aromatic heterocycles. The number of rotatable bonds is 4. The number of aliphatic hydroxyl groups is 1. The van der Waals surface area contributed by atoms with Crippen molar-refractivity contribution in [3.8, 4) is 0 Å². The average Bonchev–Trinajstić information content (AvgIpc) is 1.83. The molecule has 0 aromatic carbocycles. The van der Waals surface area contributed by atoms with Crippen LogP contribution < -0.4 is 5.73 Å². The van der Waals surface area contributed by atoms with E-state index in [0.717, 1.165) is 0 Å². The largest absolute Gasteiger partial charge is 0.395 e. The van der Waals surface area contributed by atoms with E-state index in [1.807, 2.05) is 0 Å². The normalized spacial score (nSPS) is 13.9. The standard InChI is InChI=1S/C4H11NO3/c1-7-8-3-4(5)2-6/h4,6H,2-3,5H2,1H3/t4-/m0/s1. The molecule has 0 aromatic rings. The second-order valence-corrected chi connectivity index (χ2v) is 1.39. The van der Waals surface area contributed by atoms with Crippen LogP contribution in [-0.2, 0) is 9.78 Å². The van der Waals surface area contributed by atoms with Gasteiger partial charge in [-0.2, -0.15) is 0 Å². The van der Waals surface area contributed by atoms with Gasteiger partial charge in [0.2, 0.25) is 0 Å². The predicted octanol–water partition coefficient (Wildman–Crippen LogP) is -1.12. The summed E-state index contributed by atoms with van der Waals surface area (Å²) in [4.78, 5) is 8.62. The van der Waals surface area contributed by atoms with E-state index in [1.165, 1.54) is 7.11 Å². The summed E-state index contributed by atoms with van der Waals surface area (Å²) in [7, 11) is 1.39. The zero-order chi connectivity index (χ0) is 6.41. The van der Waals surface area contributed by atoms with Crippen LogP contribution in [-0.4, -0.2) is 31.5 Å². The van der Waals surface area contributed by atoms with Crippen LogP contribution in [0.4, 0.5) is 0 Å². The van der Waals surface area contributed by atoms with Gasteiger partial charge in [0.15, 0.2) is 0 Å². The highest BCUT2D eigenvalue weighted by atomic mass is 17.2. The summed E-state index contributed by atoms with van der Waals surface area (Å²) in [5, 5.41) is 8.30. The van der Waals surface area contributed by atoms with Crippen molar-refractivity contribution >= 4 is 0 Å². The van der Waals surface area contributed by atoms with Crippen molar-refractivity contribution in [2.75, 3.05) is 20.3 Å². The lowest BCUT2D eigenvalue weighted by Gasteiger charge is -2.04. The molecule has 0 fully saturated rings. The Hall–Kier alpha value is -0.160. The van der Waals surface area contributed by atoms with Crippen LogP contribution in [0.15, 0.2) is 0 Å². The maximum atomic E-state index is 8.30. The molecule has 0 heterocycles. The topological polar surface area (TPSA) is 64.7 Å². The summed E-state index contributed by atoms with van der Waals surface area (Å²) < 4.78 is 0. The smallest absolute Gasteiger partial charge is 0.0995 e. The second kappa shape index (κ2) is 4.99. The monoisotopic (exact) mass is 121 g/mol. The number of hydrogen-bond donors (Lipinski definition) is 2. The van der Waals surface area contributed by atoms with Crippen LogP contribution in [0.2, 0.25) is 0 Å². The van der Waals surface area contributed by atoms with Crippen LogP contribution in [0.5, 0.6) is 0 Å². The van der Waals surface area contributed by atoms with Crippen molar-refractivity contribution in [2.24, 2.45) is 5.73 Å². The molecule has 0 radical (unpaired) electrons. The Balaban J connectivity index is 2.86. The van der Waals surface area contributed by atoms with Gasteiger partial charge in [0, 0.05) is 0 Å². The van der Waals surface area contributed by atoms with Gasteiger partial charge < -0.3 is 10.8 Å². The molecule has 0 rings (SSSR count). The van der Waals surface area contributed by atoms with Crippen molar-refractivity contribution in [2.45, 2.75) is 6.04 Å². The molecule has 0 saturated carbocycles. The van der Waals surface area contributed by atoms with E-state index in [4.69, 9.17) is 10.8 Å². The fourth-order valence-electron chi connectivity index (χ4n) is 0.208. The van der Waals surface area contributed by atoms with E-state index in [9.17, 15) is 0 Å². The number of nitrogens with two attached hydrogens (primary N) is 1. The van der Waals surface area contributed by atoms with Gasteiger partial charge in [-0.1, -0.05) is 0 Å². The SMILES string of the molecule is COOC[C@@H](N)CO. The Morgan fingerprint density at radius 1 is 1.75 bits per heavy atom. The molecule has 0 aliphatic rings. The lowest BCUT2D eigenvalue weighted by atomic mass is 10.4. The van der Waals surface area contributed by atoms with Crippen LogP contribution in [0.25, 0.3) is 0 Å². The highest BCUT2D eigenvalue weighted by Crippen LogP contribution is 1.78. The molecule has 4 heteroatoms. The van der Waals surface area contributed by atoms with Gasteiger partial charge in [-0.05, 0) is 0 Å². The van der Waals surface area contributed by atoms with Crippen LogP contribution in [0.1, 0.15) is 0 Å². The minimum atomic E-state index is -0.338. The molecule has 1 atom stereocenters. The summed E-state index contributed by atoms with van der Waals surface area (Å²) in [6, 6.07) is -0.338. The third-order valence-electron chi connectivity index (χ3n) is 0.634. The first-order chi connectivity index (χ1) is 3.81. The molecule has 3 N–H and O–H groups in total. The Bertz CT molecular complexity index is 50.5. The summed E-state index contributed by atoms with van der Waals surface area (Å²) in [6.07, 6.45) is 0. The first kappa shape index (κ1) is 7.84. The average molecular weight is 121 g/mol. The minimum absolute atomic E-state index is 0.0800. The minimum Gasteiger partial charge on any atom is -0.395 e. The Morgan fingerprint density at radius 3 is 2.75 bits per heavy atom. The maximum absolute atomic E-state index is 8.30. The van der Waals surface area contributed by atoms with Crippen LogP contribution in [0.3, 0.4) is 0 Å². The first-order valence-corrected chi connectivity index (χ1v) is 2.33. The molecule has 4 nitrogen and oxygen atoms in total. The van der Waals surface area contributed by atoms with Crippen molar-refractivity contribution in [1.82, 2.24) is 0 Å².